The Morgan fingerprint density at radius 3 is 2.72 bits per heavy atom. The summed E-state index contributed by atoms with van der Waals surface area (Å²) in [6.45, 7) is 8.52. The zero-order valence-corrected chi connectivity index (χ0v) is 18.7. The van der Waals surface area contributed by atoms with Crippen LogP contribution in [0.2, 0.25) is 0 Å². The van der Waals surface area contributed by atoms with Crippen molar-refractivity contribution in [1.82, 2.24) is 39.5 Å². The Morgan fingerprint density at radius 2 is 1.91 bits per heavy atom. The SMILES string of the molecule is CN1CCN(CCn2cc(Nc3nc4c(N5CC6CCC(C5)N6)cccn4n3)cn2)CC1. The van der Waals surface area contributed by atoms with Crippen molar-refractivity contribution >= 4 is 23.0 Å². The van der Waals surface area contributed by atoms with Crippen LogP contribution in [0.3, 0.4) is 0 Å². The molecule has 0 spiro atoms. The van der Waals surface area contributed by atoms with E-state index >= 15 is 0 Å². The standard InChI is InChI=1S/C22H32N10/c1-28-7-9-29(10-8-28)11-12-31-16-19(13-23-31)25-22-26-21-20(3-2-6-32(21)27-22)30-14-17-4-5-18(15-30)24-17/h2-3,6,13,16-18,24H,4-5,7-12,14-15H2,1H3,(H,25,27). The van der Waals surface area contributed by atoms with Crippen LogP contribution >= 0.6 is 0 Å². The molecule has 6 heterocycles. The second-order valence-electron chi connectivity index (χ2n) is 9.40. The third-order valence-corrected chi connectivity index (χ3v) is 7.03. The fourth-order valence-electron chi connectivity index (χ4n) is 5.18. The first-order chi connectivity index (χ1) is 15.7. The maximum atomic E-state index is 4.82. The molecule has 3 aromatic heterocycles. The van der Waals surface area contributed by atoms with Crippen LogP contribution in [0.5, 0.6) is 0 Å². The molecule has 0 radical (unpaired) electrons. The van der Waals surface area contributed by atoms with Crippen molar-refractivity contribution in [1.29, 1.82) is 0 Å². The number of nitrogens with zero attached hydrogens (tertiary/aromatic N) is 8. The molecule has 3 aromatic rings. The second kappa shape index (κ2) is 8.34. The minimum absolute atomic E-state index is 0.589. The number of fused-ring (bicyclic) bond motifs is 3. The Balaban J connectivity index is 1.13. The van der Waals surface area contributed by atoms with Crippen molar-refractivity contribution in [2.45, 2.75) is 31.5 Å². The topological polar surface area (TPSA) is 81.8 Å². The largest absolute Gasteiger partial charge is 0.365 e. The number of rotatable bonds is 6. The minimum atomic E-state index is 0.589. The Kier molecular flexibility index (Phi) is 5.20. The van der Waals surface area contributed by atoms with Gasteiger partial charge in [0, 0.05) is 70.3 Å². The molecule has 0 saturated carbocycles. The van der Waals surface area contributed by atoms with E-state index in [0.717, 1.165) is 69.4 Å². The van der Waals surface area contributed by atoms with Gasteiger partial charge in [-0.3, -0.25) is 9.58 Å². The van der Waals surface area contributed by atoms with E-state index < -0.39 is 0 Å². The van der Waals surface area contributed by atoms with E-state index in [1.165, 1.54) is 12.8 Å². The zero-order valence-electron chi connectivity index (χ0n) is 18.7. The summed E-state index contributed by atoms with van der Waals surface area (Å²) in [5, 5.41) is 16.2. The number of hydrogen-bond donors (Lipinski definition) is 2. The van der Waals surface area contributed by atoms with Crippen molar-refractivity contribution in [2.24, 2.45) is 0 Å². The lowest BCUT2D eigenvalue weighted by Gasteiger charge is -2.34. The number of pyridine rings is 1. The lowest BCUT2D eigenvalue weighted by atomic mass is 10.2. The van der Waals surface area contributed by atoms with E-state index in [9.17, 15) is 0 Å². The highest BCUT2D eigenvalue weighted by atomic mass is 15.4. The van der Waals surface area contributed by atoms with Crippen molar-refractivity contribution in [3.63, 3.8) is 0 Å². The quantitative estimate of drug-likeness (QED) is 0.589. The van der Waals surface area contributed by atoms with E-state index in [2.05, 4.69) is 54.7 Å². The monoisotopic (exact) mass is 436 g/mol. The first-order valence-electron chi connectivity index (χ1n) is 11.8. The highest BCUT2D eigenvalue weighted by Crippen LogP contribution is 2.28. The summed E-state index contributed by atoms with van der Waals surface area (Å²) >= 11 is 0. The van der Waals surface area contributed by atoms with Gasteiger partial charge in [-0.2, -0.15) is 10.1 Å². The molecule has 10 nitrogen and oxygen atoms in total. The number of likely N-dealkylation sites (N-methyl/N-ethyl adjacent to an activating group) is 1. The van der Waals surface area contributed by atoms with Gasteiger partial charge in [0.25, 0.3) is 0 Å². The predicted octanol–water partition coefficient (Wildman–Crippen LogP) is 0.857. The van der Waals surface area contributed by atoms with Crippen LogP contribution in [0.25, 0.3) is 5.65 Å². The van der Waals surface area contributed by atoms with Crippen LogP contribution in [-0.4, -0.2) is 99.1 Å². The van der Waals surface area contributed by atoms with Crippen LogP contribution in [0, 0.1) is 0 Å². The molecule has 2 unspecified atom stereocenters. The van der Waals surface area contributed by atoms with Crippen LogP contribution < -0.4 is 15.5 Å². The third kappa shape index (κ3) is 4.05. The maximum absolute atomic E-state index is 4.82. The van der Waals surface area contributed by atoms with E-state index in [-0.39, 0.29) is 0 Å². The first-order valence-corrected chi connectivity index (χ1v) is 11.8. The number of hydrogen-bond acceptors (Lipinski definition) is 8. The van der Waals surface area contributed by atoms with Crippen LogP contribution in [0.4, 0.5) is 17.3 Å². The van der Waals surface area contributed by atoms with Gasteiger partial charge in [0.1, 0.15) is 0 Å². The molecule has 2 atom stereocenters. The van der Waals surface area contributed by atoms with Crippen LogP contribution in [-0.2, 0) is 6.54 Å². The fourth-order valence-corrected chi connectivity index (χ4v) is 5.18. The van der Waals surface area contributed by atoms with Crippen LogP contribution in [0.1, 0.15) is 12.8 Å². The molecule has 0 aromatic carbocycles. The number of nitrogens with one attached hydrogen (secondary N) is 2. The first kappa shape index (κ1) is 20.0. The van der Waals surface area contributed by atoms with Gasteiger partial charge in [-0.05, 0) is 32.0 Å². The van der Waals surface area contributed by atoms with Crippen molar-refractivity contribution in [3.05, 3.63) is 30.7 Å². The summed E-state index contributed by atoms with van der Waals surface area (Å²) < 4.78 is 3.87. The molecule has 3 aliphatic heterocycles. The van der Waals surface area contributed by atoms with Gasteiger partial charge in [-0.25, -0.2) is 4.52 Å². The Morgan fingerprint density at radius 1 is 1.09 bits per heavy atom. The molecule has 3 fully saturated rings. The second-order valence-corrected chi connectivity index (χ2v) is 9.40. The predicted molar refractivity (Wildman–Crippen MR) is 125 cm³/mol. The molecule has 0 aliphatic carbocycles. The lowest BCUT2D eigenvalue weighted by molar-refractivity contribution is 0.149. The molecule has 32 heavy (non-hydrogen) atoms. The normalized spacial score (nSPS) is 24.5. The molecule has 170 valence electrons. The van der Waals surface area contributed by atoms with E-state index in [1.807, 2.05) is 27.8 Å². The fraction of sp³-hybridized carbons (Fsp3) is 0.591. The smallest absolute Gasteiger partial charge is 0.247 e. The molecule has 2 bridgehead atoms. The highest BCUT2D eigenvalue weighted by Gasteiger charge is 2.33. The average molecular weight is 437 g/mol. The molecule has 2 N–H and O–H groups in total. The minimum Gasteiger partial charge on any atom is -0.365 e. The zero-order chi connectivity index (χ0) is 21.5. The molecule has 3 saturated heterocycles. The van der Waals surface area contributed by atoms with Gasteiger partial charge >= 0.3 is 0 Å². The Hall–Kier alpha value is -2.69. The summed E-state index contributed by atoms with van der Waals surface area (Å²) in [5.41, 5.74) is 2.98. The van der Waals surface area contributed by atoms with Gasteiger partial charge in [0.2, 0.25) is 5.95 Å². The lowest BCUT2D eigenvalue weighted by Crippen LogP contribution is -2.51. The molecule has 3 aliphatic rings. The van der Waals surface area contributed by atoms with Gasteiger partial charge < -0.3 is 20.4 Å². The number of aromatic nitrogens is 5. The van der Waals surface area contributed by atoms with E-state index in [4.69, 9.17) is 4.98 Å². The Labute approximate surface area is 188 Å². The number of anilines is 3. The van der Waals surface area contributed by atoms with Gasteiger partial charge in [0.05, 0.1) is 24.1 Å². The molecular weight excluding hydrogens is 404 g/mol. The van der Waals surface area contributed by atoms with E-state index in [0.29, 0.717) is 18.0 Å². The summed E-state index contributed by atoms with van der Waals surface area (Å²) in [4.78, 5) is 12.2. The summed E-state index contributed by atoms with van der Waals surface area (Å²) in [7, 11) is 2.19. The van der Waals surface area contributed by atoms with Crippen molar-refractivity contribution in [2.75, 3.05) is 63.1 Å². The summed E-state index contributed by atoms with van der Waals surface area (Å²) in [5.74, 6) is 0.606. The third-order valence-electron chi connectivity index (χ3n) is 7.03. The van der Waals surface area contributed by atoms with Crippen molar-refractivity contribution in [3.8, 4) is 0 Å². The summed E-state index contributed by atoms with van der Waals surface area (Å²) in [6, 6.07) is 5.40. The molecule has 6 rings (SSSR count). The average Bonchev–Trinajstić information content (AvgIpc) is 3.51. The van der Waals surface area contributed by atoms with Crippen molar-refractivity contribution < 1.29 is 0 Å². The maximum Gasteiger partial charge on any atom is 0.247 e. The van der Waals surface area contributed by atoms with E-state index in [1.54, 1.807) is 0 Å². The molecule has 10 heteroatoms. The van der Waals surface area contributed by atoms with Gasteiger partial charge in [-0.15, -0.1) is 5.10 Å². The highest BCUT2D eigenvalue weighted by molar-refractivity contribution is 5.71. The Bertz CT molecular complexity index is 1050. The summed E-state index contributed by atoms with van der Waals surface area (Å²) in [6.07, 6.45) is 8.39. The number of piperazine rings is 2. The van der Waals surface area contributed by atoms with Gasteiger partial charge in [0.15, 0.2) is 5.65 Å². The van der Waals surface area contributed by atoms with Gasteiger partial charge in [-0.1, -0.05) is 0 Å². The van der Waals surface area contributed by atoms with Crippen LogP contribution in [0.15, 0.2) is 30.7 Å². The molecule has 0 amide bonds. The molecular formula is C22H32N10.